The topological polar surface area (TPSA) is 80.0 Å². The van der Waals surface area contributed by atoms with Gasteiger partial charge in [-0.1, -0.05) is 6.07 Å². The third kappa shape index (κ3) is 3.99. The number of benzene rings is 1. The Bertz CT molecular complexity index is 549. The average molecular weight is 256 g/mol. The first-order valence-electron chi connectivity index (χ1n) is 5.95. The van der Waals surface area contributed by atoms with Crippen LogP contribution in [0.3, 0.4) is 0 Å². The van der Waals surface area contributed by atoms with Crippen molar-refractivity contribution in [3.8, 4) is 0 Å². The minimum Gasteiger partial charge on any atom is -0.379 e. The van der Waals surface area contributed by atoms with Crippen molar-refractivity contribution < 1.29 is 4.79 Å². The van der Waals surface area contributed by atoms with Crippen LogP contribution in [0, 0.1) is 6.92 Å². The van der Waals surface area contributed by atoms with Gasteiger partial charge in [-0.05, 0) is 42.8 Å². The highest BCUT2D eigenvalue weighted by molar-refractivity contribution is 5.87. The Morgan fingerprint density at radius 1 is 1.16 bits per heavy atom. The highest BCUT2D eigenvalue weighted by atomic mass is 16.2. The lowest BCUT2D eigenvalue weighted by molar-refractivity contribution is 0.259. The molecule has 0 fully saturated rings. The summed E-state index contributed by atoms with van der Waals surface area (Å²) in [6.07, 6.45) is 1.84. The number of anilines is 2. The summed E-state index contributed by atoms with van der Waals surface area (Å²) in [5.41, 5.74) is 8.78. The molecule has 2 amide bonds. The number of hydrogen-bond donors (Lipinski definition) is 3. The Kier molecular flexibility index (Phi) is 3.97. The third-order valence-electron chi connectivity index (χ3n) is 2.60. The molecular formula is C14H16N4O. The number of nitrogens with two attached hydrogens (primary N) is 1. The number of rotatable bonds is 4. The normalized spacial score (nSPS) is 9.95. The number of carbonyl (C=O) groups is 1. The number of hydrogen-bond acceptors (Lipinski definition) is 3. The molecule has 0 radical (unpaired) electrons. The molecule has 0 unspecified atom stereocenters. The Morgan fingerprint density at radius 2 is 1.84 bits per heavy atom. The predicted octanol–water partition coefficient (Wildman–Crippen LogP) is 2.49. The molecule has 4 N–H and O–H groups in total. The maximum atomic E-state index is 10.7. The van der Waals surface area contributed by atoms with Crippen LogP contribution < -0.4 is 16.4 Å². The molecule has 0 aliphatic rings. The number of urea groups is 1. The van der Waals surface area contributed by atoms with E-state index in [1.54, 1.807) is 12.1 Å². The summed E-state index contributed by atoms with van der Waals surface area (Å²) < 4.78 is 0. The quantitative estimate of drug-likeness (QED) is 0.786. The Morgan fingerprint density at radius 3 is 2.42 bits per heavy atom. The highest BCUT2D eigenvalue weighted by Gasteiger charge is 1.98. The largest absolute Gasteiger partial charge is 0.379 e. The van der Waals surface area contributed by atoms with Crippen LogP contribution in [0.5, 0.6) is 0 Å². The lowest BCUT2D eigenvalue weighted by Gasteiger charge is -2.07. The zero-order valence-corrected chi connectivity index (χ0v) is 10.7. The predicted molar refractivity (Wildman–Crippen MR) is 75.9 cm³/mol. The number of aromatic nitrogens is 1. The number of amides is 2. The molecule has 0 saturated carbocycles. The second-order valence-corrected chi connectivity index (χ2v) is 4.25. The number of aryl methyl sites for hydroxylation is 1. The molecule has 0 saturated heterocycles. The van der Waals surface area contributed by atoms with E-state index in [2.05, 4.69) is 15.6 Å². The van der Waals surface area contributed by atoms with Crippen LogP contribution in [-0.2, 0) is 6.54 Å². The van der Waals surface area contributed by atoms with E-state index >= 15 is 0 Å². The molecule has 2 rings (SSSR count). The van der Waals surface area contributed by atoms with Gasteiger partial charge in [0.1, 0.15) is 0 Å². The Labute approximate surface area is 111 Å². The Balaban J connectivity index is 1.92. The summed E-state index contributed by atoms with van der Waals surface area (Å²) in [4.78, 5) is 15.0. The lowest BCUT2D eigenvalue weighted by Crippen LogP contribution is -2.19. The van der Waals surface area contributed by atoms with Gasteiger partial charge in [-0.2, -0.15) is 0 Å². The average Bonchev–Trinajstić information content (AvgIpc) is 2.39. The van der Waals surface area contributed by atoms with Crippen LogP contribution in [0.1, 0.15) is 11.3 Å². The van der Waals surface area contributed by atoms with E-state index in [1.807, 2.05) is 37.4 Å². The van der Waals surface area contributed by atoms with E-state index in [0.29, 0.717) is 12.2 Å². The highest BCUT2D eigenvalue weighted by Crippen LogP contribution is 2.14. The van der Waals surface area contributed by atoms with E-state index in [0.717, 1.165) is 16.9 Å². The smallest absolute Gasteiger partial charge is 0.316 e. The van der Waals surface area contributed by atoms with Gasteiger partial charge in [-0.15, -0.1) is 0 Å². The SMILES string of the molecule is Cc1ccc(CNc2ccc(NC(N)=O)cc2)nc1. The number of primary amides is 1. The summed E-state index contributed by atoms with van der Waals surface area (Å²) in [5, 5.41) is 5.77. The molecule has 5 heteroatoms. The van der Waals surface area contributed by atoms with E-state index in [4.69, 9.17) is 5.73 Å². The van der Waals surface area contributed by atoms with Crippen molar-refractivity contribution in [1.82, 2.24) is 4.98 Å². The zero-order valence-electron chi connectivity index (χ0n) is 10.7. The van der Waals surface area contributed by atoms with Crippen LogP contribution in [0.15, 0.2) is 42.6 Å². The summed E-state index contributed by atoms with van der Waals surface area (Å²) in [6.45, 7) is 2.66. The van der Waals surface area contributed by atoms with Crippen LogP contribution >= 0.6 is 0 Å². The second kappa shape index (κ2) is 5.86. The fraction of sp³-hybridized carbons (Fsp3) is 0.143. The van der Waals surface area contributed by atoms with Gasteiger partial charge < -0.3 is 16.4 Å². The number of nitrogens with zero attached hydrogens (tertiary/aromatic N) is 1. The molecule has 0 atom stereocenters. The van der Waals surface area contributed by atoms with E-state index < -0.39 is 6.03 Å². The van der Waals surface area contributed by atoms with Crippen molar-refractivity contribution in [2.24, 2.45) is 5.73 Å². The molecule has 0 aliphatic heterocycles. The van der Waals surface area contributed by atoms with Crippen molar-refractivity contribution in [2.45, 2.75) is 13.5 Å². The molecule has 98 valence electrons. The molecule has 19 heavy (non-hydrogen) atoms. The van der Waals surface area contributed by atoms with Crippen molar-refractivity contribution in [3.63, 3.8) is 0 Å². The maximum absolute atomic E-state index is 10.7. The van der Waals surface area contributed by atoms with E-state index in [-0.39, 0.29) is 0 Å². The van der Waals surface area contributed by atoms with Crippen molar-refractivity contribution in [3.05, 3.63) is 53.9 Å². The minimum atomic E-state index is -0.565. The summed E-state index contributed by atoms with van der Waals surface area (Å²) in [5.74, 6) is 0. The molecule has 0 spiro atoms. The van der Waals surface area contributed by atoms with Crippen molar-refractivity contribution in [2.75, 3.05) is 10.6 Å². The first-order valence-corrected chi connectivity index (χ1v) is 5.95. The standard InChI is InChI=1S/C14H16N4O/c1-10-2-3-13(16-8-10)9-17-11-4-6-12(7-5-11)18-14(15)19/h2-8,17H,9H2,1H3,(H3,15,18,19). The van der Waals surface area contributed by atoms with Gasteiger partial charge in [0.15, 0.2) is 0 Å². The lowest BCUT2D eigenvalue weighted by atomic mass is 10.2. The maximum Gasteiger partial charge on any atom is 0.316 e. The fourth-order valence-corrected chi connectivity index (χ4v) is 1.61. The molecular weight excluding hydrogens is 240 g/mol. The second-order valence-electron chi connectivity index (χ2n) is 4.25. The number of pyridine rings is 1. The van der Waals surface area contributed by atoms with E-state index in [9.17, 15) is 4.79 Å². The third-order valence-corrected chi connectivity index (χ3v) is 2.60. The number of carbonyl (C=O) groups excluding carboxylic acids is 1. The van der Waals surface area contributed by atoms with Crippen molar-refractivity contribution in [1.29, 1.82) is 0 Å². The summed E-state index contributed by atoms with van der Waals surface area (Å²) in [7, 11) is 0. The minimum absolute atomic E-state index is 0.565. The molecule has 1 aromatic carbocycles. The fourth-order valence-electron chi connectivity index (χ4n) is 1.61. The molecule has 1 aromatic heterocycles. The summed E-state index contributed by atoms with van der Waals surface area (Å²) in [6, 6.07) is 10.8. The van der Waals surface area contributed by atoms with Gasteiger partial charge in [0.25, 0.3) is 0 Å². The Hall–Kier alpha value is -2.56. The van der Waals surface area contributed by atoms with Crippen LogP contribution in [0.2, 0.25) is 0 Å². The zero-order chi connectivity index (χ0) is 13.7. The van der Waals surface area contributed by atoms with Crippen LogP contribution in [-0.4, -0.2) is 11.0 Å². The summed E-state index contributed by atoms with van der Waals surface area (Å²) >= 11 is 0. The van der Waals surface area contributed by atoms with Crippen LogP contribution in [0.25, 0.3) is 0 Å². The monoisotopic (exact) mass is 256 g/mol. The first-order chi connectivity index (χ1) is 9.13. The van der Waals surface area contributed by atoms with Gasteiger partial charge in [0.05, 0.1) is 12.2 Å². The molecule has 2 aromatic rings. The number of nitrogens with one attached hydrogen (secondary N) is 2. The first kappa shape index (κ1) is 12.9. The van der Waals surface area contributed by atoms with Gasteiger partial charge in [-0.25, -0.2) is 4.79 Å². The van der Waals surface area contributed by atoms with Gasteiger partial charge in [-0.3, -0.25) is 4.98 Å². The molecule has 5 nitrogen and oxygen atoms in total. The van der Waals surface area contributed by atoms with Gasteiger partial charge in [0, 0.05) is 17.6 Å². The van der Waals surface area contributed by atoms with Gasteiger partial charge in [0.2, 0.25) is 0 Å². The van der Waals surface area contributed by atoms with Crippen molar-refractivity contribution >= 4 is 17.4 Å². The van der Waals surface area contributed by atoms with Crippen LogP contribution in [0.4, 0.5) is 16.2 Å². The molecule has 1 heterocycles. The van der Waals surface area contributed by atoms with Gasteiger partial charge >= 0.3 is 6.03 Å². The van der Waals surface area contributed by atoms with E-state index in [1.165, 1.54) is 0 Å². The molecule has 0 bridgehead atoms. The molecule has 0 aliphatic carbocycles.